The number of rotatable bonds is 4. The second-order valence-corrected chi connectivity index (χ2v) is 4.01. The summed E-state index contributed by atoms with van der Waals surface area (Å²) in [6.07, 6.45) is -0.615. The van der Waals surface area contributed by atoms with Crippen molar-refractivity contribution in [2.24, 2.45) is 0 Å². The van der Waals surface area contributed by atoms with Crippen LogP contribution in [-0.2, 0) is 4.79 Å². The van der Waals surface area contributed by atoms with Gasteiger partial charge in [0, 0.05) is 5.56 Å². The number of carbonyl (C=O) groups excluding carboxylic acids is 1. The first-order valence-corrected chi connectivity index (χ1v) is 5.50. The lowest BCUT2D eigenvalue weighted by Crippen LogP contribution is -2.08. The van der Waals surface area contributed by atoms with Crippen molar-refractivity contribution in [3.05, 3.63) is 47.5 Å². The summed E-state index contributed by atoms with van der Waals surface area (Å²) in [5.74, 6) is -2.84. The predicted octanol–water partition coefficient (Wildman–Crippen LogP) is 2.20. The molecule has 0 fully saturated rings. The number of hydrogen-bond acceptors (Lipinski definition) is 3. The molecule has 0 bridgehead atoms. The molecular formula is C14H10O5. The average Bonchev–Trinajstić information content (AvgIpc) is 2.36. The zero-order chi connectivity index (χ0) is 14.0. The van der Waals surface area contributed by atoms with E-state index in [-0.39, 0.29) is 11.1 Å². The molecule has 2 aromatic rings. The zero-order valence-electron chi connectivity index (χ0n) is 9.79. The summed E-state index contributed by atoms with van der Waals surface area (Å²) in [6.45, 7) is 0. The van der Waals surface area contributed by atoms with Crippen molar-refractivity contribution < 1.29 is 24.6 Å². The van der Waals surface area contributed by atoms with E-state index >= 15 is 0 Å². The highest BCUT2D eigenvalue weighted by molar-refractivity contribution is 6.16. The molecule has 5 heteroatoms. The van der Waals surface area contributed by atoms with Crippen molar-refractivity contribution in [2.45, 2.75) is 6.42 Å². The Morgan fingerprint density at radius 2 is 1.37 bits per heavy atom. The van der Waals surface area contributed by atoms with Crippen LogP contribution >= 0.6 is 0 Å². The lowest BCUT2D eigenvalue weighted by molar-refractivity contribution is -0.135. The van der Waals surface area contributed by atoms with E-state index in [9.17, 15) is 14.4 Å². The highest BCUT2D eigenvalue weighted by Gasteiger charge is 2.17. The smallest absolute Gasteiger partial charge is 0.336 e. The SMILES string of the molecule is O=C(O)CC(=O)c1ccc(C(=O)O)c2ccccc12. The molecule has 0 aliphatic carbocycles. The van der Waals surface area contributed by atoms with Crippen molar-refractivity contribution in [3.63, 3.8) is 0 Å². The molecule has 0 aliphatic rings. The van der Waals surface area contributed by atoms with Gasteiger partial charge in [-0.1, -0.05) is 24.3 Å². The van der Waals surface area contributed by atoms with E-state index in [1.165, 1.54) is 12.1 Å². The van der Waals surface area contributed by atoms with E-state index in [2.05, 4.69) is 0 Å². The number of benzene rings is 2. The van der Waals surface area contributed by atoms with Gasteiger partial charge in [0.05, 0.1) is 5.56 Å². The minimum Gasteiger partial charge on any atom is -0.481 e. The van der Waals surface area contributed by atoms with Crippen LogP contribution in [0, 0.1) is 0 Å². The van der Waals surface area contributed by atoms with E-state index in [0.717, 1.165) is 0 Å². The van der Waals surface area contributed by atoms with E-state index in [1.807, 2.05) is 0 Å². The fourth-order valence-electron chi connectivity index (χ4n) is 1.96. The van der Waals surface area contributed by atoms with Crippen LogP contribution in [0.4, 0.5) is 0 Å². The van der Waals surface area contributed by atoms with Crippen LogP contribution < -0.4 is 0 Å². The molecule has 0 amide bonds. The summed E-state index contributed by atoms with van der Waals surface area (Å²) >= 11 is 0. The third-order valence-electron chi connectivity index (χ3n) is 2.77. The van der Waals surface area contributed by atoms with Crippen LogP contribution in [0.15, 0.2) is 36.4 Å². The number of carboxylic acid groups (broad SMARTS) is 2. The quantitative estimate of drug-likeness (QED) is 0.647. The van der Waals surface area contributed by atoms with Gasteiger partial charge in [0.1, 0.15) is 6.42 Å². The number of carbonyl (C=O) groups is 3. The van der Waals surface area contributed by atoms with Crippen LogP contribution in [0.3, 0.4) is 0 Å². The lowest BCUT2D eigenvalue weighted by Gasteiger charge is -2.07. The summed E-state index contributed by atoms with van der Waals surface area (Å²) in [5.41, 5.74) is 0.311. The molecule has 0 aliphatic heterocycles. The fourth-order valence-corrected chi connectivity index (χ4v) is 1.96. The van der Waals surface area contributed by atoms with Gasteiger partial charge in [0.25, 0.3) is 0 Å². The van der Waals surface area contributed by atoms with E-state index in [0.29, 0.717) is 10.8 Å². The Kier molecular flexibility index (Phi) is 3.29. The average molecular weight is 258 g/mol. The van der Waals surface area contributed by atoms with Gasteiger partial charge in [0.15, 0.2) is 5.78 Å². The van der Waals surface area contributed by atoms with E-state index in [4.69, 9.17) is 10.2 Å². The van der Waals surface area contributed by atoms with Crippen molar-refractivity contribution >= 4 is 28.5 Å². The fraction of sp³-hybridized carbons (Fsp3) is 0.0714. The van der Waals surface area contributed by atoms with Gasteiger partial charge in [-0.2, -0.15) is 0 Å². The first-order valence-electron chi connectivity index (χ1n) is 5.50. The number of Topliss-reactive ketones (excluding diaryl/α,β-unsaturated/α-hetero) is 1. The molecule has 0 aromatic heterocycles. The van der Waals surface area contributed by atoms with Gasteiger partial charge >= 0.3 is 11.9 Å². The Balaban J connectivity index is 2.65. The molecule has 5 nitrogen and oxygen atoms in total. The Morgan fingerprint density at radius 3 is 1.89 bits per heavy atom. The van der Waals surface area contributed by atoms with Crippen molar-refractivity contribution in [1.29, 1.82) is 0 Å². The Morgan fingerprint density at radius 1 is 0.842 bits per heavy atom. The minimum atomic E-state index is -1.21. The van der Waals surface area contributed by atoms with Crippen LogP contribution in [0.2, 0.25) is 0 Å². The maximum absolute atomic E-state index is 11.8. The molecule has 0 atom stereocenters. The van der Waals surface area contributed by atoms with E-state index in [1.54, 1.807) is 24.3 Å². The standard InChI is InChI=1S/C14H10O5/c15-12(7-13(16)17)10-5-6-11(14(18)19)9-4-2-1-3-8(9)10/h1-6H,7H2,(H,16,17)(H,18,19). The van der Waals surface area contributed by atoms with Gasteiger partial charge in [-0.15, -0.1) is 0 Å². The van der Waals surface area contributed by atoms with Crippen LogP contribution in [-0.4, -0.2) is 27.9 Å². The number of ketones is 1. The van der Waals surface area contributed by atoms with Gasteiger partial charge < -0.3 is 10.2 Å². The van der Waals surface area contributed by atoms with E-state index < -0.39 is 24.1 Å². The highest BCUT2D eigenvalue weighted by Crippen LogP contribution is 2.24. The third-order valence-corrected chi connectivity index (χ3v) is 2.77. The molecule has 19 heavy (non-hydrogen) atoms. The number of aromatic carboxylic acids is 1. The number of aliphatic carboxylic acids is 1. The largest absolute Gasteiger partial charge is 0.481 e. The molecule has 2 rings (SSSR count). The van der Waals surface area contributed by atoms with Crippen molar-refractivity contribution in [3.8, 4) is 0 Å². The molecule has 0 spiro atoms. The maximum atomic E-state index is 11.8. The summed E-state index contributed by atoms with van der Waals surface area (Å²) in [7, 11) is 0. The monoisotopic (exact) mass is 258 g/mol. The van der Waals surface area contributed by atoms with Crippen LogP contribution in [0.1, 0.15) is 27.1 Å². The molecule has 0 unspecified atom stereocenters. The zero-order valence-corrected chi connectivity index (χ0v) is 9.79. The molecular weight excluding hydrogens is 248 g/mol. The Bertz CT molecular complexity index is 687. The number of hydrogen-bond donors (Lipinski definition) is 2. The second-order valence-electron chi connectivity index (χ2n) is 4.01. The number of fused-ring (bicyclic) bond motifs is 1. The summed E-state index contributed by atoms with van der Waals surface area (Å²) in [6, 6.07) is 9.22. The molecule has 96 valence electrons. The molecule has 0 heterocycles. The third kappa shape index (κ3) is 2.44. The number of carboxylic acids is 2. The molecule has 0 radical (unpaired) electrons. The molecule has 0 saturated carbocycles. The predicted molar refractivity (Wildman–Crippen MR) is 67.5 cm³/mol. The highest BCUT2D eigenvalue weighted by atomic mass is 16.4. The topological polar surface area (TPSA) is 91.7 Å². The summed E-state index contributed by atoms with van der Waals surface area (Å²) in [5, 5.41) is 18.6. The van der Waals surface area contributed by atoms with Gasteiger partial charge in [-0.05, 0) is 22.9 Å². The van der Waals surface area contributed by atoms with Gasteiger partial charge in [0.2, 0.25) is 0 Å². The van der Waals surface area contributed by atoms with Crippen molar-refractivity contribution in [1.82, 2.24) is 0 Å². The summed E-state index contributed by atoms with van der Waals surface area (Å²) in [4.78, 5) is 33.5. The molecule has 0 saturated heterocycles. The normalized spacial score (nSPS) is 10.3. The lowest BCUT2D eigenvalue weighted by atomic mass is 9.96. The van der Waals surface area contributed by atoms with Crippen LogP contribution in [0.25, 0.3) is 10.8 Å². The summed E-state index contributed by atoms with van der Waals surface area (Å²) < 4.78 is 0. The first kappa shape index (κ1) is 12.8. The first-order chi connectivity index (χ1) is 9.00. The van der Waals surface area contributed by atoms with Crippen LogP contribution in [0.5, 0.6) is 0 Å². The van der Waals surface area contributed by atoms with Gasteiger partial charge in [-0.25, -0.2) is 4.79 Å². The molecule has 2 aromatic carbocycles. The maximum Gasteiger partial charge on any atom is 0.336 e. The Hall–Kier alpha value is -2.69. The van der Waals surface area contributed by atoms with Gasteiger partial charge in [-0.3, -0.25) is 9.59 Å². The Labute approximate surface area is 108 Å². The minimum absolute atomic E-state index is 0.0856. The molecule has 2 N–H and O–H groups in total. The van der Waals surface area contributed by atoms with Crippen molar-refractivity contribution in [2.75, 3.05) is 0 Å². The second kappa shape index (κ2) is 4.89.